The van der Waals surface area contributed by atoms with Gasteiger partial charge in [0, 0.05) is 24.4 Å². The van der Waals surface area contributed by atoms with E-state index in [0.29, 0.717) is 22.8 Å². The minimum atomic E-state index is -0.736. The smallest absolute Gasteiger partial charge is 0.232 e. The number of methoxy groups -OCH3 is 1. The van der Waals surface area contributed by atoms with Gasteiger partial charge in [-0.3, -0.25) is 9.36 Å². The van der Waals surface area contributed by atoms with Crippen molar-refractivity contribution in [2.24, 2.45) is 0 Å². The largest absolute Gasteiger partial charge is 0.493 e. The molecule has 0 amide bonds. The number of hydrogen-bond donors (Lipinski definition) is 1. The summed E-state index contributed by atoms with van der Waals surface area (Å²) in [4.78, 5) is 13.8. The number of anilines is 1. The van der Waals surface area contributed by atoms with Crippen LogP contribution in [0.5, 0.6) is 11.5 Å². The molecule has 1 N–H and O–H groups in total. The summed E-state index contributed by atoms with van der Waals surface area (Å²) in [7, 11) is 1.52. The average molecular weight is 483 g/mol. The van der Waals surface area contributed by atoms with Gasteiger partial charge in [-0.15, -0.1) is 10.2 Å². The second-order valence-corrected chi connectivity index (χ2v) is 9.33. The lowest BCUT2D eigenvalue weighted by Gasteiger charge is -2.19. The van der Waals surface area contributed by atoms with E-state index in [1.54, 1.807) is 18.2 Å². The molecule has 1 saturated heterocycles. The number of rotatable bonds is 10. The van der Waals surface area contributed by atoms with Gasteiger partial charge in [0.25, 0.3) is 0 Å². The quantitative estimate of drug-likeness (QED) is 0.344. The standard InChI is InChI=1S/C25H30N4O4S/c1-17-6-9-20(10-7-17)29-24(28-12-4-5-13-28)26-27-25(29)34-16-21(31)15-33-22-11-8-19(18(2)30)14-23(22)32-3/h6-11,14,21,31H,4-5,12-13,15-16H2,1-3H3. The SMILES string of the molecule is COc1cc(C(C)=O)ccc1OCC(O)CSc1nnc(N2CCCC2)n1-c1ccc(C)cc1. The van der Waals surface area contributed by atoms with Gasteiger partial charge in [0.1, 0.15) is 6.61 Å². The molecule has 1 aliphatic heterocycles. The Morgan fingerprint density at radius 3 is 2.53 bits per heavy atom. The highest BCUT2D eigenvalue weighted by atomic mass is 32.2. The van der Waals surface area contributed by atoms with Crippen LogP contribution in [0.4, 0.5) is 5.95 Å². The van der Waals surface area contributed by atoms with Crippen LogP contribution >= 0.6 is 11.8 Å². The van der Waals surface area contributed by atoms with E-state index in [9.17, 15) is 9.90 Å². The summed E-state index contributed by atoms with van der Waals surface area (Å²) in [6, 6.07) is 13.3. The molecule has 1 atom stereocenters. The summed E-state index contributed by atoms with van der Waals surface area (Å²) in [5.74, 6) is 2.12. The maximum atomic E-state index is 11.6. The Morgan fingerprint density at radius 2 is 1.85 bits per heavy atom. The van der Waals surface area contributed by atoms with Crippen LogP contribution in [-0.2, 0) is 0 Å². The van der Waals surface area contributed by atoms with E-state index >= 15 is 0 Å². The number of carbonyl (C=O) groups is 1. The van der Waals surface area contributed by atoms with Crippen molar-refractivity contribution in [3.63, 3.8) is 0 Å². The van der Waals surface area contributed by atoms with Gasteiger partial charge >= 0.3 is 0 Å². The molecule has 1 unspecified atom stereocenters. The number of aliphatic hydroxyl groups excluding tert-OH is 1. The fraction of sp³-hybridized carbons (Fsp3) is 0.400. The van der Waals surface area contributed by atoms with Crippen molar-refractivity contribution in [2.45, 2.75) is 37.9 Å². The fourth-order valence-electron chi connectivity index (χ4n) is 3.81. The number of hydrogen-bond acceptors (Lipinski definition) is 8. The lowest BCUT2D eigenvalue weighted by Crippen LogP contribution is -2.22. The van der Waals surface area contributed by atoms with E-state index in [0.717, 1.165) is 42.7 Å². The van der Waals surface area contributed by atoms with Gasteiger partial charge in [0.15, 0.2) is 22.4 Å². The Morgan fingerprint density at radius 1 is 1.12 bits per heavy atom. The van der Waals surface area contributed by atoms with Gasteiger partial charge in [-0.2, -0.15) is 0 Å². The van der Waals surface area contributed by atoms with Crippen LogP contribution in [0.1, 0.15) is 35.7 Å². The van der Waals surface area contributed by atoms with Crippen LogP contribution < -0.4 is 14.4 Å². The van der Waals surface area contributed by atoms with Gasteiger partial charge in [0.2, 0.25) is 5.95 Å². The number of thioether (sulfide) groups is 1. The summed E-state index contributed by atoms with van der Waals surface area (Å²) in [5, 5.41) is 20.2. The number of ketones is 1. The lowest BCUT2D eigenvalue weighted by atomic mass is 10.1. The molecule has 9 heteroatoms. The van der Waals surface area contributed by atoms with Gasteiger partial charge in [-0.25, -0.2) is 0 Å². The van der Waals surface area contributed by atoms with Crippen LogP contribution in [0.25, 0.3) is 5.69 Å². The van der Waals surface area contributed by atoms with Crippen molar-refractivity contribution < 1.29 is 19.4 Å². The molecular formula is C25H30N4O4S. The molecule has 2 heterocycles. The van der Waals surface area contributed by atoms with Gasteiger partial charge in [0.05, 0.1) is 18.9 Å². The molecule has 0 radical (unpaired) electrons. The summed E-state index contributed by atoms with van der Waals surface area (Å²) in [5.41, 5.74) is 2.73. The topological polar surface area (TPSA) is 89.7 Å². The van der Waals surface area contributed by atoms with E-state index in [-0.39, 0.29) is 12.4 Å². The maximum Gasteiger partial charge on any atom is 0.232 e. The molecular weight excluding hydrogens is 452 g/mol. The molecule has 0 aliphatic carbocycles. The number of Topliss-reactive ketones (excluding diaryl/α,β-unsaturated/α-hetero) is 1. The van der Waals surface area contributed by atoms with E-state index in [1.165, 1.54) is 31.4 Å². The first-order valence-electron chi connectivity index (χ1n) is 11.4. The molecule has 34 heavy (non-hydrogen) atoms. The van der Waals surface area contributed by atoms with Crippen molar-refractivity contribution in [3.8, 4) is 17.2 Å². The molecule has 1 aliphatic rings. The first-order chi connectivity index (χ1) is 16.5. The molecule has 1 fully saturated rings. The fourth-order valence-corrected chi connectivity index (χ4v) is 4.66. The lowest BCUT2D eigenvalue weighted by molar-refractivity contribution is 0.101. The molecule has 0 saturated carbocycles. The number of aromatic nitrogens is 3. The molecule has 4 rings (SSSR count). The second kappa shape index (κ2) is 10.9. The zero-order valence-electron chi connectivity index (χ0n) is 19.7. The minimum absolute atomic E-state index is 0.0488. The van der Waals surface area contributed by atoms with E-state index in [4.69, 9.17) is 9.47 Å². The Hall–Kier alpha value is -3.04. The maximum absolute atomic E-state index is 11.6. The van der Waals surface area contributed by atoms with Crippen LogP contribution in [0, 0.1) is 6.92 Å². The summed E-state index contributed by atoms with van der Waals surface area (Å²) in [6.45, 7) is 5.58. The third-order valence-electron chi connectivity index (χ3n) is 5.70. The van der Waals surface area contributed by atoms with Gasteiger partial charge < -0.3 is 19.5 Å². The molecule has 3 aromatic rings. The zero-order valence-corrected chi connectivity index (χ0v) is 20.5. The number of ether oxygens (including phenoxy) is 2. The minimum Gasteiger partial charge on any atom is -0.493 e. The molecule has 2 aromatic carbocycles. The van der Waals surface area contributed by atoms with Crippen molar-refractivity contribution in [3.05, 3.63) is 53.6 Å². The van der Waals surface area contributed by atoms with Crippen molar-refractivity contribution in [1.29, 1.82) is 0 Å². The van der Waals surface area contributed by atoms with Crippen LogP contribution in [0.15, 0.2) is 47.6 Å². The predicted octanol–water partition coefficient (Wildman–Crippen LogP) is 3.92. The Kier molecular flexibility index (Phi) is 7.74. The Bertz CT molecular complexity index is 1130. The monoisotopic (exact) mass is 482 g/mol. The Balaban J connectivity index is 1.44. The summed E-state index contributed by atoms with van der Waals surface area (Å²) < 4.78 is 13.2. The van der Waals surface area contributed by atoms with Crippen molar-refractivity contribution in [2.75, 3.05) is 37.5 Å². The average Bonchev–Trinajstić information content (AvgIpc) is 3.51. The molecule has 8 nitrogen and oxygen atoms in total. The number of carbonyl (C=O) groups excluding carboxylic acids is 1. The molecule has 0 bridgehead atoms. The van der Waals surface area contributed by atoms with Crippen molar-refractivity contribution >= 4 is 23.5 Å². The number of nitrogens with zero attached hydrogens (tertiary/aromatic N) is 4. The highest BCUT2D eigenvalue weighted by Gasteiger charge is 2.23. The van der Waals surface area contributed by atoms with E-state index in [2.05, 4.69) is 50.9 Å². The number of aliphatic hydroxyl groups is 1. The van der Waals surface area contributed by atoms with Crippen molar-refractivity contribution in [1.82, 2.24) is 14.8 Å². The van der Waals surface area contributed by atoms with Crippen LogP contribution in [-0.4, -0.2) is 64.3 Å². The summed E-state index contributed by atoms with van der Waals surface area (Å²) in [6.07, 6.45) is 1.56. The number of benzene rings is 2. The highest BCUT2D eigenvalue weighted by Crippen LogP contribution is 2.30. The second-order valence-electron chi connectivity index (χ2n) is 8.35. The highest BCUT2D eigenvalue weighted by molar-refractivity contribution is 7.99. The molecule has 1 aromatic heterocycles. The Labute approximate surface area is 203 Å². The molecule has 180 valence electrons. The molecule has 0 spiro atoms. The van der Waals surface area contributed by atoms with Crippen LogP contribution in [0.3, 0.4) is 0 Å². The third kappa shape index (κ3) is 5.53. The van der Waals surface area contributed by atoms with Gasteiger partial charge in [-0.05, 0) is 57.0 Å². The predicted molar refractivity (Wildman–Crippen MR) is 133 cm³/mol. The van der Waals surface area contributed by atoms with E-state index < -0.39 is 6.10 Å². The van der Waals surface area contributed by atoms with Crippen LogP contribution in [0.2, 0.25) is 0 Å². The third-order valence-corrected chi connectivity index (χ3v) is 6.78. The first-order valence-corrected chi connectivity index (χ1v) is 12.3. The summed E-state index contributed by atoms with van der Waals surface area (Å²) >= 11 is 1.44. The van der Waals surface area contributed by atoms with Gasteiger partial charge in [-0.1, -0.05) is 29.5 Å². The zero-order chi connectivity index (χ0) is 24.1. The number of aryl methyl sites for hydroxylation is 1. The van der Waals surface area contributed by atoms with E-state index in [1.807, 2.05) is 0 Å². The normalized spacial score (nSPS) is 14.3. The first kappa shape index (κ1) is 24.1.